The van der Waals surface area contributed by atoms with Gasteiger partial charge in [0.05, 0.1) is 6.10 Å². The second kappa shape index (κ2) is 4.97. The SMILES string of the molecule is COC1CC(NC(=O)c2ccnc(Br)c2)C1(C)C. The molecule has 0 aliphatic heterocycles. The van der Waals surface area contributed by atoms with Gasteiger partial charge in [0.25, 0.3) is 5.91 Å². The number of methoxy groups -OCH3 is 1. The molecule has 1 aromatic rings. The number of hydrogen-bond donors (Lipinski definition) is 1. The van der Waals surface area contributed by atoms with Gasteiger partial charge in [0, 0.05) is 30.3 Å². The molecule has 0 radical (unpaired) electrons. The molecule has 1 aliphatic rings. The molecule has 0 spiro atoms. The van der Waals surface area contributed by atoms with Crippen molar-refractivity contribution in [1.82, 2.24) is 10.3 Å². The Morgan fingerprint density at radius 1 is 1.61 bits per heavy atom. The Morgan fingerprint density at radius 3 is 2.89 bits per heavy atom. The molecule has 1 N–H and O–H groups in total. The molecule has 98 valence electrons. The number of hydrogen-bond acceptors (Lipinski definition) is 3. The van der Waals surface area contributed by atoms with Gasteiger partial charge in [0.2, 0.25) is 0 Å². The molecule has 18 heavy (non-hydrogen) atoms. The Balaban J connectivity index is 2.01. The average molecular weight is 313 g/mol. The number of pyridine rings is 1. The maximum atomic E-state index is 12.1. The van der Waals surface area contributed by atoms with Crippen molar-refractivity contribution in [3.05, 3.63) is 28.5 Å². The molecule has 1 saturated carbocycles. The van der Waals surface area contributed by atoms with Gasteiger partial charge in [-0.1, -0.05) is 13.8 Å². The van der Waals surface area contributed by atoms with E-state index in [-0.39, 0.29) is 23.5 Å². The summed E-state index contributed by atoms with van der Waals surface area (Å²) in [7, 11) is 1.71. The van der Waals surface area contributed by atoms with Gasteiger partial charge < -0.3 is 10.1 Å². The Hall–Kier alpha value is -0.940. The van der Waals surface area contributed by atoms with E-state index in [4.69, 9.17) is 4.74 Å². The van der Waals surface area contributed by atoms with E-state index in [1.165, 1.54) is 0 Å². The Labute approximate surface area is 115 Å². The van der Waals surface area contributed by atoms with Crippen molar-refractivity contribution >= 4 is 21.8 Å². The first-order valence-corrected chi connectivity index (χ1v) is 6.69. The lowest BCUT2D eigenvalue weighted by Gasteiger charge is -2.51. The molecule has 1 aromatic heterocycles. The summed E-state index contributed by atoms with van der Waals surface area (Å²) in [6, 6.07) is 3.58. The van der Waals surface area contributed by atoms with Crippen LogP contribution in [0.4, 0.5) is 0 Å². The Bertz CT molecular complexity index is 462. The fraction of sp³-hybridized carbons (Fsp3) is 0.538. The van der Waals surface area contributed by atoms with Crippen LogP contribution in [0.25, 0.3) is 0 Å². The molecular weight excluding hydrogens is 296 g/mol. The summed E-state index contributed by atoms with van der Waals surface area (Å²) in [5.74, 6) is -0.0641. The molecule has 2 atom stereocenters. The number of rotatable bonds is 3. The van der Waals surface area contributed by atoms with E-state index in [0.29, 0.717) is 10.2 Å². The van der Waals surface area contributed by atoms with Crippen molar-refractivity contribution < 1.29 is 9.53 Å². The van der Waals surface area contributed by atoms with Crippen molar-refractivity contribution in [1.29, 1.82) is 0 Å². The van der Waals surface area contributed by atoms with E-state index < -0.39 is 0 Å². The second-order valence-corrected chi connectivity index (χ2v) is 5.99. The predicted molar refractivity (Wildman–Crippen MR) is 72.4 cm³/mol. The number of aromatic nitrogens is 1. The number of carbonyl (C=O) groups excluding carboxylic acids is 1. The van der Waals surface area contributed by atoms with Gasteiger partial charge in [0.1, 0.15) is 4.60 Å². The summed E-state index contributed by atoms with van der Waals surface area (Å²) in [5, 5.41) is 3.05. The van der Waals surface area contributed by atoms with E-state index in [0.717, 1.165) is 6.42 Å². The van der Waals surface area contributed by atoms with Crippen LogP contribution in [-0.4, -0.2) is 30.1 Å². The van der Waals surface area contributed by atoms with Crippen LogP contribution in [-0.2, 0) is 4.74 Å². The van der Waals surface area contributed by atoms with E-state index in [9.17, 15) is 4.79 Å². The largest absolute Gasteiger partial charge is 0.381 e. The minimum atomic E-state index is -0.0641. The van der Waals surface area contributed by atoms with Crippen molar-refractivity contribution in [3.8, 4) is 0 Å². The van der Waals surface area contributed by atoms with Crippen LogP contribution in [0.3, 0.4) is 0 Å². The second-order valence-electron chi connectivity index (χ2n) is 5.17. The highest BCUT2D eigenvalue weighted by Crippen LogP contribution is 2.42. The highest BCUT2D eigenvalue weighted by atomic mass is 79.9. The molecule has 5 heteroatoms. The van der Waals surface area contributed by atoms with Crippen LogP contribution >= 0.6 is 15.9 Å². The van der Waals surface area contributed by atoms with Gasteiger partial charge in [0.15, 0.2) is 0 Å². The molecule has 1 amide bonds. The third kappa shape index (κ3) is 2.42. The van der Waals surface area contributed by atoms with Crippen molar-refractivity contribution in [2.45, 2.75) is 32.4 Å². The molecule has 2 unspecified atom stereocenters. The zero-order valence-electron chi connectivity index (χ0n) is 10.7. The van der Waals surface area contributed by atoms with E-state index in [1.807, 2.05) is 0 Å². The van der Waals surface area contributed by atoms with E-state index in [2.05, 4.69) is 40.1 Å². The standard InChI is InChI=1S/C13H17BrN2O2/c1-13(2)9(7-10(13)18-3)16-12(17)8-4-5-15-11(14)6-8/h4-6,9-10H,7H2,1-3H3,(H,16,17). The number of ether oxygens (including phenoxy) is 1. The van der Waals surface area contributed by atoms with Gasteiger partial charge >= 0.3 is 0 Å². The summed E-state index contributed by atoms with van der Waals surface area (Å²) >= 11 is 3.26. The summed E-state index contributed by atoms with van der Waals surface area (Å²) in [6.45, 7) is 4.22. The van der Waals surface area contributed by atoms with Crippen LogP contribution in [0.15, 0.2) is 22.9 Å². The lowest BCUT2D eigenvalue weighted by Crippen LogP contribution is -2.61. The summed E-state index contributed by atoms with van der Waals surface area (Å²) in [6.07, 6.45) is 2.69. The molecule has 1 fully saturated rings. The first-order chi connectivity index (χ1) is 8.45. The zero-order chi connectivity index (χ0) is 13.3. The van der Waals surface area contributed by atoms with Crippen molar-refractivity contribution in [2.24, 2.45) is 5.41 Å². The van der Waals surface area contributed by atoms with Gasteiger partial charge in [-0.15, -0.1) is 0 Å². The molecule has 2 rings (SSSR count). The van der Waals surface area contributed by atoms with Crippen LogP contribution in [0.2, 0.25) is 0 Å². The fourth-order valence-corrected chi connectivity index (χ4v) is 2.68. The number of carbonyl (C=O) groups is 1. The lowest BCUT2D eigenvalue weighted by molar-refractivity contribution is -0.0942. The normalized spacial score (nSPS) is 25.3. The van der Waals surface area contributed by atoms with Crippen molar-refractivity contribution in [3.63, 3.8) is 0 Å². The molecular formula is C13H17BrN2O2. The molecule has 1 aliphatic carbocycles. The lowest BCUT2D eigenvalue weighted by atomic mass is 9.64. The molecule has 0 saturated heterocycles. The van der Waals surface area contributed by atoms with E-state index >= 15 is 0 Å². The zero-order valence-corrected chi connectivity index (χ0v) is 12.3. The quantitative estimate of drug-likeness (QED) is 0.872. The highest BCUT2D eigenvalue weighted by Gasteiger charge is 2.49. The maximum Gasteiger partial charge on any atom is 0.251 e. The van der Waals surface area contributed by atoms with Gasteiger partial charge in [-0.05, 0) is 34.5 Å². The first-order valence-electron chi connectivity index (χ1n) is 5.90. The Morgan fingerprint density at radius 2 is 2.33 bits per heavy atom. The number of nitrogens with one attached hydrogen (secondary N) is 1. The third-order valence-corrected chi connectivity index (χ3v) is 4.19. The molecule has 0 bridgehead atoms. The van der Waals surface area contributed by atoms with Crippen LogP contribution in [0.1, 0.15) is 30.6 Å². The predicted octanol–water partition coefficient (Wildman–Crippen LogP) is 2.39. The summed E-state index contributed by atoms with van der Waals surface area (Å²) in [4.78, 5) is 16.1. The monoisotopic (exact) mass is 312 g/mol. The van der Waals surface area contributed by atoms with Crippen LogP contribution in [0.5, 0.6) is 0 Å². The minimum Gasteiger partial charge on any atom is -0.381 e. The molecule has 1 heterocycles. The first kappa shape index (κ1) is 13.5. The molecule has 4 nitrogen and oxygen atoms in total. The smallest absolute Gasteiger partial charge is 0.251 e. The van der Waals surface area contributed by atoms with Gasteiger partial charge in [-0.3, -0.25) is 4.79 Å². The fourth-order valence-electron chi connectivity index (χ4n) is 2.32. The number of amides is 1. The maximum absolute atomic E-state index is 12.1. The van der Waals surface area contributed by atoms with Gasteiger partial charge in [-0.25, -0.2) is 4.98 Å². The summed E-state index contributed by atoms with van der Waals surface area (Å²) < 4.78 is 6.03. The van der Waals surface area contributed by atoms with Crippen LogP contribution < -0.4 is 5.32 Å². The average Bonchev–Trinajstić information content (AvgIpc) is 2.33. The minimum absolute atomic E-state index is 0.0192. The summed E-state index contributed by atoms with van der Waals surface area (Å²) in [5.41, 5.74) is 0.600. The highest BCUT2D eigenvalue weighted by molar-refractivity contribution is 9.10. The number of nitrogens with zero attached hydrogens (tertiary/aromatic N) is 1. The van der Waals surface area contributed by atoms with E-state index in [1.54, 1.807) is 25.4 Å². The number of halogens is 1. The van der Waals surface area contributed by atoms with Crippen LogP contribution in [0, 0.1) is 5.41 Å². The Kier molecular flexibility index (Phi) is 3.73. The molecule has 0 aromatic carbocycles. The van der Waals surface area contributed by atoms with Crippen molar-refractivity contribution in [2.75, 3.05) is 7.11 Å². The third-order valence-electron chi connectivity index (χ3n) is 3.76. The topological polar surface area (TPSA) is 51.2 Å². The van der Waals surface area contributed by atoms with Gasteiger partial charge in [-0.2, -0.15) is 0 Å².